The van der Waals surface area contributed by atoms with Crippen LogP contribution in [0.15, 0.2) is 0 Å². The molecule has 0 aromatic rings. The van der Waals surface area contributed by atoms with Crippen LogP contribution in [-0.4, -0.2) is 49.2 Å². The fourth-order valence-corrected chi connectivity index (χ4v) is 1.13. The predicted octanol–water partition coefficient (Wildman–Crippen LogP) is 2.50. The van der Waals surface area contributed by atoms with Crippen LogP contribution in [0.2, 0.25) is 0 Å². The van der Waals surface area contributed by atoms with Crippen LogP contribution in [0.1, 0.15) is 20.8 Å². The van der Waals surface area contributed by atoms with E-state index in [2.05, 4.69) is 5.32 Å². The van der Waals surface area contributed by atoms with Gasteiger partial charge in [-0.1, -0.05) is 0 Å². The lowest BCUT2D eigenvalue weighted by atomic mass is 10.1. The molecule has 0 saturated carbocycles. The Hall–Kier alpha value is -0.430. The summed E-state index contributed by atoms with van der Waals surface area (Å²) in [4.78, 5) is 0.965. The largest absolute Gasteiger partial charge is 0.454 e. The predicted molar refractivity (Wildman–Crippen MR) is 56.3 cm³/mol. The van der Waals surface area contributed by atoms with Gasteiger partial charge in [0.05, 0.1) is 6.54 Å². The highest BCUT2D eigenvalue weighted by molar-refractivity contribution is 4.79. The lowest BCUT2D eigenvalue weighted by Crippen LogP contribution is -2.48. The van der Waals surface area contributed by atoms with Crippen molar-refractivity contribution in [2.24, 2.45) is 0 Å². The molecule has 0 atom stereocenters. The molecule has 0 rings (SSSR count). The molecule has 0 fully saturated rings. The van der Waals surface area contributed by atoms with Gasteiger partial charge in [-0.25, -0.2) is 0 Å². The summed E-state index contributed by atoms with van der Waals surface area (Å²) in [6, 6.07) is 0. The molecule has 2 nitrogen and oxygen atoms in total. The maximum atomic E-state index is 12.7. The van der Waals surface area contributed by atoms with Crippen molar-refractivity contribution in [3.05, 3.63) is 0 Å². The molecule has 0 aromatic heterocycles. The van der Waals surface area contributed by atoms with E-state index in [-0.39, 0.29) is 12.1 Å². The van der Waals surface area contributed by atoms with Gasteiger partial charge in [0, 0.05) is 18.6 Å². The average Bonchev–Trinajstić information content (AvgIpc) is 1.97. The van der Waals surface area contributed by atoms with Crippen molar-refractivity contribution in [2.75, 3.05) is 26.7 Å². The van der Waals surface area contributed by atoms with Crippen molar-refractivity contribution < 1.29 is 22.0 Å². The molecule has 0 unspecified atom stereocenters. The van der Waals surface area contributed by atoms with Crippen molar-refractivity contribution in [3.63, 3.8) is 0 Å². The molecule has 104 valence electrons. The van der Waals surface area contributed by atoms with Gasteiger partial charge in [-0.3, -0.25) is 4.90 Å². The number of nitrogens with zero attached hydrogens (tertiary/aromatic N) is 1. The molecule has 0 spiro atoms. The third kappa shape index (κ3) is 6.78. The van der Waals surface area contributed by atoms with Gasteiger partial charge in [-0.15, -0.1) is 0 Å². The zero-order valence-electron chi connectivity index (χ0n) is 10.5. The topological polar surface area (TPSA) is 15.3 Å². The molecule has 7 heteroatoms. The first-order valence-electron chi connectivity index (χ1n) is 5.23. The molecule has 0 aliphatic carbocycles. The number of alkyl halides is 5. The Morgan fingerprint density at radius 3 is 1.82 bits per heavy atom. The molecular formula is C10H19F5N2. The summed E-state index contributed by atoms with van der Waals surface area (Å²) in [6.45, 7) is 4.82. The molecule has 0 aromatic carbocycles. The first-order chi connectivity index (χ1) is 7.35. The first-order valence-corrected chi connectivity index (χ1v) is 5.23. The normalized spacial score (nSPS) is 14.5. The fourth-order valence-electron chi connectivity index (χ4n) is 1.13. The number of likely N-dealkylation sites (N-methyl/N-ethyl adjacent to an activating group) is 1. The van der Waals surface area contributed by atoms with E-state index in [1.165, 1.54) is 7.05 Å². The minimum absolute atomic E-state index is 0.128. The summed E-state index contributed by atoms with van der Waals surface area (Å²) >= 11 is 0. The highest BCUT2D eigenvalue weighted by Gasteiger charge is 2.57. The highest BCUT2D eigenvalue weighted by Crippen LogP contribution is 2.35. The van der Waals surface area contributed by atoms with E-state index in [9.17, 15) is 22.0 Å². The summed E-state index contributed by atoms with van der Waals surface area (Å²) in [5.41, 5.74) is -0.187. The molecule has 0 radical (unpaired) electrons. The van der Waals surface area contributed by atoms with E-state index in [4.69, 9.17) is 0 Å². The van der Waals surface area contributed by atoms with Gasteiger partial charge < -0.3 is 5.32 Å². The van der Waals surface area contributed by atoms with Gasteiger partial charge in [-0.05, 0) is 27.8 Å². The molecule has 0 heterocycles. The van der Waals surface area contributed by atoms with E-state index in [0.29, 0.717) is 6.54 Å². The lowest BCUT2D eigenvalue weighted by molar-refractivity contribution is -0.285. The molecular weight excluding hydrogens is 243 g/mol. The second kappa shape index (κ2) is 5.48. The second-order valence-electron chi connectivity index (χ2n) is 5.12. The van der Waals surface area contributed by atoms with Crippen molar-refractivity contribution in [2.45, 2.75) is 38.4 Å². The van der Waals surface area contributed by atoms with Gasteiger partial charge in [0.2, 0.25) is 0 Å². The maximum absolute atomic E-state index is 12.7. The van der Waals surface area contributed by atoms with E-state index >= 15 is 0 Å². The zero-order valence-corrected chi connectivity index (χ0v) is 10.5. The SMILES string of the molecule is CN(CCNC(C)(C)C)CC(F)(F)C(F)(F)F. The number of rotatable bonds is 5. The lowest BCUT2D eigenvalue weighted by Gasteiger charge is -2.27. The summed E-state index contributed by atoms with van der Waals surface area (Å²) in [5, 5.41) is 3.01. The molecule has 1 N–H and O–H groups in total. The third-order valence-corrected chi connectivity index (χ3v) is 2.03. The van der Waals surface area contributed by atoms with Gasteiger partial charge in [0.25, 0.3) is 0 Å². The molecule has 0 aliphatic rings. The van der Waals surface area contributed by atoms with Crippen LogP contribution in [0.25, 0.3) is 0 Å². The number of hydrogen-bond acceptors (Lipinski definition) is 2. The monoisotopic (exact) mass is 262 g/mol. The Bertz CT molecular complexity index is 232. The standard InChI is InChI=1S/C10H19F5N2/c1-8(2,3)16-5-6-17(4)7-9(11,12)10(13,14)15/h16H,5-7H2,1-4H3. The second-order valence-corrected chi connectivity index (χ2v) is 5.12. The molecule has 0 bridgehead atoms. The highest BCUT2D eigenvalue weighted by atomic mass is 19.4. The van der Waals surface area contributed by atoms with E-state index in [1.54, 1.807) is 0 Å². The zero-order chi connectivity index (χ0) is 13.9. The maximum Gasteiger partial charge on any atom is 0.454 e. The Labute approximate surface area is 98.2 Å². The van der Waals surface area contributed by atoms with Crippen molar-refractivity contribution >= 4 is 0 Å². The van der Waals surface area contributed by atoms with Crippen LogP contribution in [0.4, 0.5) is 22.0 Å². The van der Waals surface area contributed by atoms with Gasteiger partial charge in [-0.2, -0.15) is 22.0 Å². The van der Waals surface area contributed by atoms with Crippen LogP contribution in [-0.2, 0) is 0 Å². The number of halogens is 5. The van der Waals surface area contributed by atoms with Crippen molar-refractivity contribution in [3.8, 4) is 0 Å². The minimum Gasteiger partial charge on any atom is -0.311 e. The molecule has 0 saturated heterocycles. The van der Waals surface area contributed by atoms with Crippen LogP contribution in [0.5, 0.6) is 0 Å². The quantitative estimate of drug-likeness (QED) is 0.766. The summed E-state index contributed by atoms with van der Waals surface area (Å²) < 4.78 is 61.0. The minimum atomic E-state index is -5.49. The Morgan fingerprint density at radius 1 is 1.00 bits per heavy atom. The first kappa shape index (κ1) is 16.6. The Balaban J connectivity index is 4.07. The fraction of sp³-hybridized carbons (Fsp3) is 1.00. The van der Waals surface area contributed by atoms with Crippen LogP contribution >= 0.6 is 0 Å². The number of nitrogens with one attached hydrogen (secondary N) is 1. The Morgan fingerprint density at radius 2 is 1.47 bits per heavy atom. The van der Waals surface area contributed by atoms with Crippen molar-refractivity contribution in [1.29, 1.82) is 0 Å². The van der Waals surface area contributed by atoms with Crippen LogP contribution < -0.4 is 5.32 Å². The number of hydrogen-bond donors (Lipinski definition) is 1. The summed E-state index contributed by atoms with van der Waals surface area (Å²) in [7, 11) is 1.24. The van der Waals surface area contributed by atoms with E-state index in [1.807, 2.05) is 20.8 Å². The summed E-state index contributed by atoms with van der Waals surface area (Å²) in [5.74, 6) is -4.66. The van der Waals surface area contributed by atoms with Gasteiger partial charge >= 0.3 is 12.1 Å². The van der Waals surface area contributed by atoms with Crippen LogP contribution in [0.3, 0.4) is 0 Å². The molecule has 0 aliphatic heterocycles. The van der Waals surface area contributed by atoms with E-state index in [0.717, 1.165) is 4.90 Å². The van der Waals surface area contributed by atoms with E-state index < -0.39 is 18.6 Å². The molecule has 0 amide bonds. The van der Waals surface area contributed by atoms with Crippen LogP contribution in [0, 0.1) is 0 Å². The third-order valence-electron chi connectivity index (χ3n) is 2.03. The summed E-state index contributed by atoms with van der Waals surface area (Å²) in [6.07, 6.45) is -5.49. The molecule has 17 heavy (non-hydrogen) atoms. The smallest absolute Gasteiger partial charge is 0.311 e. The van der Waals surface area contributed by atoms with Crippen molar-refractivity contribution in [1.82, 2.24) is 10.2 Å². The Kier molecular flexibility index (Phi) is 5.34. The average molecular weight is 262 g/mol. The van der Waals surface area contributed by atoms with Gasteiger partial charge in [0.15, 0.2) is 0 Å². The van der Waals surface area contributed by atoms with Gasteiger partial charge in [0.1, 0.15) is 0 Å².